The molecule has 1 aromatic heterocycles. The van der Waals surface area contributed by atoms with Crippen LogP contribution in [0.1, 0.15) is 44.4 Å². The van der Waals surface area contributed by atoms with Gasteiger partial charge < -0.3 is 5.32 Å². The lowest BCUT2D eigenvalue weighted by Gasteiger charge is -2.35. The van der Waals surface area contributed by atoms with Gasteiger partial charge in [0.05, 0.1) is 4.90 Å². The molecule has 2 heterocycles. The van der Waals surface area contributed by atoms with Crippen molar-refractivity contribution >= 4 is 21.4 Å². The second-order valence-corrected chi connectivity index (χ2v) is 9.40. The van der Waals surface area contributed by atoms with Crippen LogP contribution in [-0.4, -0.2) is 31.4 Å². The Kier molecular flexibility index (Phi) is 4.41. The normalized spacial score (nSPS) is 27.9. The first-order chi connectivity index (χ1) is 9.96. The van der Waals surface area contributed by atoms with Gasteiger partial charge in [0.1, 0.15) is 0 Å². The molecule has 0 radical (unpaired) electrons. The van der Waals surface area contributed by atoms with E-state index in [1.165, 1.54) is 12.8 Å². The first kappa shape index (κ1) is 15.5. The second-order valence-electron chi connectivity index (χ2n) is 6.51. The molecule has 1 saturated heterocycles. The summed E-state index contributed by atoms with van der Waals surface area (Å²) in [5.41, 5.74) is 0. The number of nitrogens with zero attached hydrogens (tertiary/aromatic N) is 1. The minimum Gasteiger partial charge on any atom is -0.309 e. The molecule has 0 bridgehead atoms. The molecule has 1 aliphatic carbocycles. The Balaban J connectivity index is 1.73. The molecule has 0 aromatic carbocycles. The van der Waals surface area contributed by atoms with Gasteiger partial charge in [0.2, 0.25) is 10.0 Å². The molecule has 3 rings (SSSR count). The van der Waals surface area contributed by atoms with E-state index in [2.05, 4.69) is 12.2 Å². The van der Waals surface area contributed by atoms with Crippen molar-refractivity contribution in [3.8, 4) is 0 Å². The van der Waals surface area contributed by atoms with Crippen LogP contribution in [0.4, 0.5) is 0 Å². The molecule has 0 amide bonds. The third-order valence-corrected chi connectivity index (χ3v) is 7.48. The van der Waals surface area contributed by atoms with E-state index in [9.17, 15) is 8.42 Å². The van der Waals surface area contributed by atoms with Crippen LogP contribution in [0.15, 0.2) is 16.3 Å². The Bertz CT molecular complexity index is 593. The lowest BCUT2D eigenvalue weighted by molar-refractivity contribution is 0.218. The van der Waals surface area contributed by atoms with E-state index in [-0.39, 0.29) is 6.04 Å². The Hall–Kier alpha value is -0.430. The molecule has 1 saturated carbocycles. The number of nitrogens with one attached hydrogen (secondary N) is 1. The Labute approximate surface area is 131 Å². The zero-order valence-corrected chi connectivity index (χ0v) is 14.3. The van der Waals surface area contributed by atoms with Crippen LogP contribution in [0.3, 0.4) is 0 Å². The number of piperidine rings is 1. The zero-order chi connectivity index (χ0) is 15.0. The predicted molar refractivity (Wildman–Crippen MR) is 85.9 cm³/mol. The van der Waals surface area contributed by atoms with Gasteiger partial charge in [0.25, 0.3) is 0 Å². The SMILES string of the molecule is CC1CCC(C)N(S(=O)(=O)c2csc(CNC3CC3)c2)C1. The molecule has 4 nitrogen and oxygen atoms in total. The van der Waals surface area contributed by atoms with Crippen molar-refractivity contribution in [3.05, 3.63) is 16.3 Å². The van der Waals surface area contributed by atoms with E-state index in [4.69, 9.17) is 0 Å². The van der Waals surface area contributed by atoms with Gasteiger partial charge in [-0.1, -0.05) is 6.92 Å². The first-order valence-corrected chi connectivity index (χ1v) is 10.1. The smallest absolute Gasteiger partial charge is 0.244 e. The summed E-state index contributed by atoms with van der Waals surface area (Å²) >= 11 is 1.54. The molecule has 1 aliphatic heterocycles. The van der Waals surface area contributed by atoms with Gasteiger partial charge in [-0.05, 0) is 44.6 Å². The van der Waals surface area contributed by atoms with E-state index >= 15 is 0 Å². The van der Waals surface area contributed by atoms with Crippen molar-refractivity contribution in [1.29, 1.82) is 0 Å². The molecule has 21 heavy (non-hydrogen) atoms. The Morgan fingerprint density at radius 3 is 2.76 bits per heavy atom. The number of sulfonamides is 1. The highest BCUT2D eigenvalue weighted by molar-refractivity contribution is 7.89. The average molecular weight is 329 g/mol. The molecular formula is C15H24N2O2S2. The van der Waals surface area contributed by atoms with Crippen molar-refractivity contribution in [2.24, 2.45) is 5.92 Å². The topological polar surface area (TPSA) is 49.4 Å². The van der Waals surface area contributed by atoms with E-state index in [1.54, 1.807) is 21.0 Å². The largest absolute Gasteiger partial charge is 0.309 e. The highest BCUT2D eigenvalue weighted by Gasteiger charge is 2.34. The van der Waals surface area contributed by atoms with E-state index in [1.807, 2.05) is 13.0 Å². The maximum Gasteiger partial charge on any atom is 0.244 e. The molecule has 118 valence electrons. The van der Waals surface area contributed by atoms with E-state index in [0.717, 1.165) is 24.3 Å². The summed E-state index contributed by atoms with van der Waals surface area (Å²) in [6, 6.07) is 2.61. The molecule has 2 unspecified atom stereocenters. The summed E-state index contributed by atoms with van der Waals surface area (Å²) in [5, 5.41) is 5.23. The van der Waals surface area contributed by atoms with Crippen molar-refractivity contribution in [2.45, 2.75) is 63.1 Å². The first-order valence-electron chi connectivity index (χ1n) is 7.79. The van der Waals surface area contributed by atoms with Crippen molar-refractivity contribution in [3.63, 3.8) is 0 Å². The standard InChI is InChI=1S/C15H24N2O2S2/c1-11-3-4-12(2)17(9-11)21(18,19)15-7-14(20-10-15)8-16-13-5-6-13/h7,10-13,16H,3-6,8-9H2,1-2H3. The maximum absolute atomic E-state index is 12.8. The van der Waals surface area contributed by atoms with Gasteiger partial charge in [-0.25, -0.2) is 8.42 Å². The van der Waals surface area contributed by atoms with Gasteiger partial charge in [0, 0.05) is 35.4 Å². The monoisotopic (exact) mass is 328 g/mol. The van der Waals surface area contributed by atoms with Crippen LogP contribution in [0.2, 0.25) is 0 Å². The van der Waals surface area contributed by atoms with Crippen LogP contribution in [0, 0.1) is 5.92 Å². The average Bonchev–Trinajstić information content (AvgIpc) is 3.15. The highest BCUT2D eigenvalue weighted by Crippen LogP contribution is 2.30. The quantitative estimate of drug-likeness (QED) is 0.904. The van der Waals surface area contributed by atoms with Gasteiger partial charge >= 0.3 is 0 Å². The Morgan fingerprint density at radius 2 is 2.05 bits per heavy atom. The van der Waals surface area contributed by atoms with Crippen molar-refractivity contribution in [2.75, 3.05) is 6.54 Å². The second kappa shape index (κ2) is 5.99. The fourth-order valence-electron chi connectivity index (χ4n) is 2.84. The van der Waals surface area contributed by atoms with Crippen molar-refractivity contribution in [1.82, 2.24) is 9.62 Å². The molecule has 2 aliphatic rings. The maximum atomic E-state index is 12.8. The molecule has 1 N–H and O–H groups in total. The van der Waals surface area contributed by atoms with Crippen molar-refractivity contribution < 1.29 is 8.42 Å². The lowest BCUT2D eigenvalue weighted by Crippen LogP contribution is -2.44. The summed E-state index contributed by atoms with van der Waals surface area (Å²) in [5.74, 6) is 0.450. The summed E-state index contributed by atoms with van der Waals surface area (Å²) in [4.78, 5) is 1.58. The van der Waals surface area contributed by atoms with Crippen LogP contribution in [0.5, 0.6) is 0 Å². The lowest BCUT2D eigenvalue weighted by atomic mass is 9.97. The van der Waals surface area contributed by atoms with Gasteiger partial charge in [-0.3, -0.25) is 0 Å². The molecule has 6 heteroatoms. The highest BCUT2D eigenvalue weighted by atomic mass is 32.2. The summed E-state index contributed by atoms with van der Waals surface area (Å²) < 4.78 is 27.3. The Morgan fingerprint density at radius 1 is 1.29 bits per heavy atom. The fourth-order valence-corrected chi connectivity index (χ4v) is 5.83. The van der Waals surface area contributed by atoms with Crippen LogP contribution in [-0.2, 0) is 16.6 Å². The summed E-state index contributed by atoms with van der Waals surface area (Å²) in [7, 11) is -3.33. The van der Waals surface area contributed by atoms with E-state index < -0.39 is 10.0 Å². The third kappa shape index (κ3) is 3.50. The minimum absolute atomic E-state index is 0.110. The summed E-state index contributed by atoms with van der Waals surface area (Å²) in [6.45, 7) is 5.59. The molecule has 2 fully saturated rings. The molecular weight excluding hydrogens is 304 g/mol. The zero-order valence-electron chi connectivity index (χ0n) is 12.7. The molecule has 2 atom stereocenters. The van der Waals surface area contributed by atoms with E-state index in [0.29, 0.717) is 23.4 Å². The third-order valence-electron chi connectivity index (χ3n) is 4.44. The fraction of sp³-hybridized carbons (Fsp3) is 0.733. The van der Waals surface area contributed by atoms with Gasteiger partial charge in [0.15, 0.2) is 0 Å². The van der Waals surface area contributed by atoms with Gasteiger partial charge in [-0.2, -0.15) is 4.31 Å². The minimum atomic E-state index is -3.33. The predicted octanol–water partition coefficient (Wildman–Crippen LogP) is 2.81. The van der Waals surface area contributed by atoms with Gasteiger partial charge in [-0.15, -0.1) is 11.3 Å². The number of rotatable bonds is 5. The number of hydrogen-bond acceptors (Lipinski definition) is 4. The van der Waals surface area contributed by atoms with Crippen LogP contribution >= 0.6 is 11.3 Å². The molecule has 0 spiro atoms. The number of thiophene rings is 1. The molecule has 1 aromatic rings. The number of hydrogen-bond donors (Lipinski definition) is 1. The summed E-state index contributed by atoms with van der Waals surface area (Å²) in [6.07, 6.45) is 4.58. The van der Waals surface area contributed by atoms with Crippen LogP contribution in [0.25, 0.3) is 0 Å². The van der Waals surface area contributed by atoms with Crippen LogP contribution < -0.4 is 5.32 Å².